The van der Waals surface area contributed by atoms with Crippen LogP contribution in [-0.4, -0.2) is 41.5 Å². The first-order valence-electron chi connectivity index (χ1n) is 9.08. The number of rotatable bonds is 8. The van der Waals surface area contributed by atoms with Crippen molar-refractivity contribution >= 4 is 46.7 Å². The molecule has 8 nitrogen and oxygen atoms in total. The lowest BCUT2D eigenvalue weighted by Gasteiger charge is -2.20. The fourth-order valence-electron chi connectivity index (χ4n) is 2.78. The van der Waals surface area contributed by atoms with Gasteiger partial charge in [0.05, 0.1) is 18.5 Å². The first kappa shape index (κ1) is 21.3. The van der Waals surface area contributed by atoms with Crippen molar-refractivity contribution in [1.82, 2.24) is 9.97 Å². The lowest BCUT2D eigenvalue weighted by molar-refractivity contribution is 0.0693. The van der Waals surface area contributed by atoms with Crippen LogP contribution < -0.4 is 19.7 Å². The van der Waals surface area contributed by atoms with Crippen LogP contribution in [0, 0.1) is 6.92 Å². The minimum atomic E-state index is -1.05. The van der Waals surface area contributed by atoms with E-state index in [1.54, 1.807) is 30.3 Å². The fourth-order valence-corrected chi connectivity index (χ4v) is 3.14. The van der Waals surface area contributed by atoms with E-state index < -0.39 is 5.97 Å². The largest absolute Gasteiger partial charge is 0.496 e. The van der Waals surface area contributed by atoms with Crippen LogP contribution in [-0.2, 0) is 0 Å². The van der Waals surface area contributed by atoms with Crippen molar-refractivity contribution in [2.24, 2.45) is 0 Å². The van der Waals surface area contributed by atoms with Crippen LogP contribution in [0.25, 0.3) is 0 Å². The Morgan fingerprint density at radius 1 is 1.20 bits per heavy atom. The number of aryl methyl sites for hydroxylation is 1. The number of hydrogen-bond donors (Lipinski definition) is 3. The Kier molecular flexibility index (Phi) is 6.63. The summed E-state index contributed by atoms with van der Waals surface area (Å²) in [7, 11) is 3.43. The smallest absolute Gasteiger partial charge is 0.339 e. The molecule has 3 N–H and O–H groups in total. The van der Waals surface area contributed by atoms with Crippen LogP contribution in [0.3, 0.4) is 0 Å². The molecule has 0 atom stereocenters. The lowest BCUT2D eigenvalue weighted by atomic mass is 10.2. The van der Waals surface area contributed by atoms with Gasteiger partial charge in [-0.25, -0.2) is 9.78 Å². The molecule has 156 valence electrons. The first-order valence-corrected chi connectivity index (χ1v) is 10.3. The maximum Gasteiger partial charge on any atom is 0.339 e. The van der Waals surface area contributed by atoms with Crippen LogP contribution in [0.4, 0.5) is 28.8 Å². The maximum absolute atomic E-state index is 11.3. The Labute approximate surface area is 179 Å². The Morgan fingerprint density at radius 2 is 1.97 bits per heavy atom. The number of aromatic carboxylic acids is 1. The molecular formula is C21H23N5O3S. The molecule has 1 aromatic heterocycles. The number of anilines is 5. The number of methoxy groups -OCH3 is 1. The van der Waals surface area contributed by atoms with Gasteiger partial charge in [0.1, 0.15) is 17.1 Å². The second kappa shape index (κ2) is 9.36. The molecule has 0 bridgehead atoms. The highest BCUT2D eigenvalue weighted by Crippen LogP contribution is 2.31. The van der Waals surface area contributed by atoms with Gasteiger partial charge < -0.3 is 24.8 Å². The molecular weight excluding hydrogens is 402 g/mol. The number of carboxylic acid groups (broad SMARTS) is 1. The van der Waals surface area contributed by atoms with E-state index in [9.17, 15) is 9.90 Å². The molecule has 2 aromatic carbocycles. The van der Waals surface area contributed by atoms with Crippen molar-refractivity contribution in [2.45, 2.75) is 6.92 Å². The number of carbonyl (C=O) groups is 1. The topological polar surface area (TPSA) is 99.6 Å². The molecule has 0 amide bonds. The summed E-state index contributed by atoms with van der Waals surface area (Å²) in [4.78, 5) is 20.2. The van der Waals surface area contributed by atoms with E-state index in [0.717, 1.165) is 16.9 Å². The van der Waals surface area contributed by atoms with Crippen molar-refractivity contribution in [3.05, 3.63) is 59.8 Å². The number of nitrogens with one attached hydrogen (secondary N) is 2. The van der Waals surface area contributed by atoms with Crippen molar-refractivity contribution in [2.75, 3.05) is 35.4 Å². The number of para-hydroxylation sites is 2. The second-order valence-corrected chi connectivity index (χ2v) is 7.31. The van der Waals surface area contributed by atoms with E-state index >= 15 is 0 Å². The average molecular weight is 426 g/mol. The van der Waals surface area contributed by atoms with Crippen LogP contribution in [0.5, 0.6) is 5.75 Å². The Hall–Kier alpha value is -3.46. The lowest BCUT2D eigenvalue weighted by Crippen LogP contribution is -2.09. The summed E-state index contributed by atoms with van der Waals surface area (Å²) in [6.45, 7) is 1.93. The molecule has 0 aliphatic heterocycles. The minimum absolute atomic E-state index is 0.0877. The molecule has 0 saturated heterocycles. The van der Waals surface area contributed by atoms with E-state index in [4.69, 9.17) is 4.74 Å². The van der Waals surface area contributed by atoms with Crippen LogP contribution in [0.2, 0.25) is 0 Å². The number of carboxylic acids is 1. The van der Waals surface area contributed by atoms with E-state index in [0.29, 0.717) is 17.5 Å². The molecule has 3 aromatic rings. The molecule has 0 radical (unpaired) electrons. The molecule has 0 aliphatic carbocycles. The molecule has 0 unspecified atom stereocenters. The number of nitrogens with zero attached hydrogens (tertiary/aromatic N) is 3. The van der Waals surface area contributed by atoms with Crippen molar-refractivity contribution in [3.63, 3.8) is 0 Å². The quantitative estimate of drug-likeness (QED) is 0.444. The number of benzene rings is 2. The van der Waals surface area contributed by atoms with Crippen LogP contribution >= 0.6 is 11.9 Å². The van der Waals surface area contributed by atoms with Gasteiger partial charge in [0.15, 0.2) is 0 Å². The summed E-state index contributed by atoms with van der Waals surface area (Å²) >= 11 is 1.61. The highest BCUT2D eigenvalue weighted by Gasteiger charge is 2.13. The van der Waals surface area contributed by atoms with Gasteiger partial charge in [0, 0.05) is 36.8 Å². The van der Waals surface area contributed by atoms with Crippen molar-refractivity contribution in [1.29, 1.82) is 0 Å². The summed E-state index contributed by atoms with van der Waals surface area (Å²) in [6.07, 6.45) is 3.74. The third-order valence-corrected chi connectivity index (χ3v) is 5.17. The third kappa shape index (κ3) is 4.74. The summed E-state index contributed by atoms with van der Waals surface area (Å²) in [5.74, 6) is 0.254. The number of aromatic nitrogens is 2. The molecule has 9 heteroatoms. The SMILES string of the molecule is COc1cc(Nc2ncc(C)c(Nc3ccccc3N(C)SC)n2)ccc1C(=O)O. The van der Waals surface area contributed by atoms with Crippen molar-refractivity contribution in [3.8, 4) is 5.75 Å². The van der Waals surface area contributed by atoms with Gasteiger partial charge in [-0.1, -0.05) is 24.1 Å². The zero-order valence-electron chi connectivity index (χ0n) is 17.1. The number of hydrogen-bond acceptors (Lipinski definition) is 8. The third-order valence-electron chi connectivity index (χ3n) is 4.43. The molecule has 0 saturated carbocycles. The molecule has 0 aliphatic rings. The first-order chi connectivity index (χ1) is 14.4. The standard InChI is InChI=1S/C21H23N5O3S/c1-13-12-22-21(23-14-9-10-15(20(27)28)18(11-14)29-3)25-19(13)24-16-7-5-6-8-17(16)26(2)30-4/h5-12H,1-4H3,(H,27,28)(H2,22,23,24,25). The summed E-state index contributed by atoms with van der Waals surface area (Å²) in [6, 6.07) is 12.7. The predicted octanol–water partition coefficient (Wildman–Crippen LogP) is 4.69. The van der Waals surface area contributed by atoms with E-state index in [1.807, 2.05) is 44.5 Å². The molecule has 3 rings (SSSR count). The van der Waals surface area contributed by atoms with E-state index in [2.05, 4.69) is 24.9 Å². The zero-order chi connectivity index (χ0) is 21.7. The zero-order valence-corrected chi connectivity index (χ0v) is 17.9. The van der Waals surface area contributed by atoms with Crippen LogP contribution in [0.1, 0.15) is 15.9 Å². The molecule has 30 heavy (non-hydrogen) atoms. The minimum Gasteiger partial charge on any atom is -0.496 e. The predicted molar refractivity (Wildman–Crippen MR) is 122 cm³/mol. The molecule has 0 spiro atoms. The monoisotopic (exact) mass is 425 g/mol. The van der Waals surface area contributed by atoms with Gasteiger partial charge >= 0.3 is 5.97 Å². The van der Waals surface area contributed by atoms with E-state index in [1.165, 1.54) is 13.2 Å². The van der Waals surface area contributed by atoms with Gasteiger partial charge in [-0.3, -0.25) is 0 Å². The highest BCUT2D eigenvalue weighted by atomic mass is 32.2. The van der Waals surface area contributed by atoms with Gasteiger partial charge in [-0.15, -0.1) is 0 Å². The molecule has 1 heterocycles. The van der Waals surface area contributed by atoms with Gasteiger partial charge in [0.2, 0.25) is 5.95 Å². The Morgan fingerprint density at radius 3 is 2.67 bits per heavy atom. The highest BCUT2D eigenvalue weighted by molar-refractivity contribution is 7.99. The van der Waals surface area contributed by atoms with Crippen LogP contribution in [0.15, 0.2) is 48.7 Å². The fraction of sp³-hybridized carbons (Fsp3) is 0.190. The molecule has 0 fully saturated rings. The van der Waals surface area contributed by atoms with E-state index in [-0.39, 0.29) is 11.3 Å². The summed E-state index contributed by atoms with van der Waals surface area (Å²) in [5, 5.41) is 15.7. The summed E-state index contributed by atoms with van der Waals surface area (Å²) < 4.78 is 7.24. The second-order valence-electron chi connectivity index (χ2n) is 6.39. The Bertz CT molecular complexity index is 1060. The van der Waals surface area contributed by atoms with Crippen molar-refractivity contribution < 1.29 is 14.6 Å². The average Bonchev–Trinajstić information content (AvgIpc) is 2.75. The van der Waals surface area contributed by atoms with Gasteiger partial charge in [-0.05, 0) is 31.2 Å². The maximum atomic E-state index is 11.3. The summed E-state index contributed by atoms with van der Waals surface area (Å²) in [5.41, 5.74) is 3.56. The normalized spacial score (nSPS) is 10.4. The number of ether oxygens (including phenoxy) is 1. The van der Waals surface area contributed by atoms with Gasteiger partial charge in [0.25, 0.3) is 0 Å². The van der Waals surface area contributed by atoms with Gasteiger partial charge in [-0.2, -0.15) is 4.98 Å². The Balaban J connectivity index is 1.87.